The number of carbonyl (C=O) groups is 2. The normalized spacial score (nSPS) is 10.1. The van der Waals surface area contributed by atoms with Gasteiger partial charge in [-0.2, -0.15) is 0 Å². The third-order valence-corrected chi connectivity index (χ3v) is 3.90. The lowest BCUT2D eigenvalue weighted by atomic mass is 10.1. The number of methoxy groups -OCH3 is 2. The summed E-state index contributed by atoms with van der Waals surface area (Å²) in [5, 5.41) is 6.06. The van der Waals surface area contributed by atoms with Crippen LogP contribution in [0.25, 0.3) is 0 Å². The molecule has 0 aromatic heterocycles. The second-order valence-corrected chi connectivity index (χ2v) is 5.95. The van der Waals surface area contributed by atoms with Crippen LogP contribution in [-0.2, 0) is 16.0 Å². The molecule has 0 saturated heterocycles. The summed E-state index contributed by atoms with van der Waals surface area (Å²) in [6.45, 7) is 0.444. The van der Waals surface area contributed by atoms with Gasteiger partial charge in [-0.15, -0.1) is 0 Å². The molecular formula is C19H21ClN2O4. The second kappa shape index (κ2) is 9.68. The number of halogens is 1. The minimum Gasteiger partial charge on any atom is -0.497 e. The standard InChI is InChI=1S/C19H21ClN2O4/c1-25-15-7-8-16(17(11-15)26-2)22-19(24)12-18(23)21-10-9-13-3-5-14(20)6-4-13/h3-8,11H,9-10,12H2,1-2H3,(H,21,23)(H,22,24). The molecule has 0 saturated carbocycles. The van der Waals surface area contributed by atoms with Crippen LogP contribution in [0, 0.1) is 0 Å². The molecule has 2 rings (SSSR count). The summed E-state index contributed by atoms with van der Waals surface area (Å²) in [4.78, 5) is 23.9. The minimum absolute atomic E-state index is 0.268. The van der Waals surface area contributed by atoms with E-state index in [-0.39, 0.29) is 12.3 Å². The van der Waals surface area contributed by atoms with Crippen molar-refractivity contribution in [2.75, 3.05) is 26.1 Å². The van der Waals surface area contributed by atoms with Gasteiger partial charge in [0.25, 0.3) is 0 Å². The van der Waals surface area contributed by atoms with Crippen LogP contribution >= 0.6 is 11.6 Å². The first-order valence-electron chi connectivity index (χ1n) is 8.05. The van der Waals surface area contributed by atoms with Gasteiger partial charge in [-0.05, 0) is 36.2 Å². The molecule has 0 spiro atoms. The zero-order valence-corrected chi connectivity index (χ0v) is 15.4. The monoisotopic (exact) mass is 376 g/mol. The molecular weight excluding hydrogens is 356 g/mol. The van der Waals surface area contributed by atoms with E-state index in [1.54, 1.807) is 37.4 Å². The summed E-state index contributed by atoms with van der Waals surface area (Å²) in [6, 6.07) is 12.4. The summed E-state index contributed by atoms with van der Waals surface area (Å²) in [7, 11) is 3.04. The van der Waals surface area contributed by atoms with E-state index in [1.165, 1.54) is 7.11 Å². The number of nitrogens with one attached hydrogen (secondary N) is 2. The Morgan fingerprint density at radius 1 is 1.00 bits per heavy atom. The lowest BCUT2D eigenvalue weighted by Crippen LogP contribution is -2.29. The molecule has 0 aliphatic rings. The fourth-order valence-electron chi connectivity index (χ4n) is 2.30. The number of amides is 2. The molecule has 0 bridgehead atoms. The maximum Gasteiger partial charge on any atom is 0.233 e. The molecule has 6 nitrogen and oxygen atoms in total. The average Bonchev–Trinajstić information content (AvgIpc) is 2.63. The number of ether oxygens (including phenoxy) is 2. The predicted octanol–water partition coefficient (Wildman–Crippen LogP) is 3.04. The van der Waals surface area contributed by atoms with Gasteiger partial charge in [-0.3, -0.25) is 9.59 Å². The van der Waals surface area contributed by atoms with Gasteiger partial charge in [0, 0.05) is 17.6 Å². The van der Waals surface area contributed by atoms with E-state index in [4.69, 9.17) is 21.1 Å². The highest BCUT2D eigenvalue weighted by Crippen LogP contribution is 2.29. The SMILES string of the molecule is COc1ccc(NC(=O)CC(=O)NCCc2ccc(Cl)cc2)c(OC)c1. The quantitative estimate of drug-likeness (QED) is 0.694. The molecule has 2 N–H and O–H groups in total. The molecule has 26 heavy (non-hydrogen) atoms. The van der Waals surface area contributed by atoms with E-state index in [0.717, 1.165) is 5.56 Å². The van der Waals surface area contributed by atoms with Gasteiger partial charge in [0.1, 0.15) is 17.9 Å². The number of benzene rings is 2. The van der Waals surface area contributed by atoms with E-state index in [1.807, 2.05) is 12.1 Å². The molecule has 0 unspecified atom stereocenters. The highest BCUT2D eigenvalue weighted by atomic mass is 35.5. The molecule has 2 amide bonds. The van der Waals surface area contributed by atoms with Crippen LogP contribution < -0.4 is 20.1 Å². The molecule has 2 aromatic rings. The minimum atomic E-state index is -0.419. The van der Waals surface area contributed by atoms with Gasteiger partial charge >= 0.3 is 0 Å². The maximum absolute atomic E-state index is 12.0. The van der Waals surface area contributed by atoms with Crippen molar-refractivity contribution in [3.8, 4) is 11.5 Å². The van der Waals surface area contributed by atoms with Gasteiger partial charge in [0.05, 0.1) is 19.9 Å². The van der Waals surface area contributed by atoms with Crippen molar-refractivity contribution < 1.29 is 19.1 Å². The Bertz CT molecular complexity index is 763. The predicted molar refractivity (Wildman–Crippen MR) is 101 cm³/mol. The highest BCUT2D eigenvalue weighted by molar-refractivity contribution is 6.30. The summed E-state index contributed by atoms with van der Waals surface area (Å²) in [6.07, 6.45) is 0.395. The van der Waals surface area contributed by atoms with E-state index in [0.29, 0.717) is 35.2 Å². The molecule has 7 heteroatoms. The van der Waals surface area contributed by atoms with Crippen LogP contribution in [-0.4, -0.2) is 32.6 Å². The van der Waals surface area contributed by atoms with Gasteiger partial charge in [-0.25, -0.2) is 0 Å². The molecule has 0 aliphatic carbocycles. The van der Waals surface area contributed by atoms with Crippen molar-refractivity contribution in [2.45, 2.75) is 12.8 Å². The number of hydrogen-bond acceptors (Lipinski definition) is 4. The first kappa shape index (κ1) is 19.6. The van der Waals surface area contributed by atoms with Gasteiger partial charge in [0.15, 0.2) is 0 Å². The molecule has 138 valence electrons. The first-order valence-corrected chi connectivity index (χ1v) is 8.42. The second-order valence-electron chi connectivity index (χ2n) is 5.52. The van der Waals surface area contributed by atoms with Crippen molar-refractivity contribution in [1.29, 1.82) is 0 Å². The lowest BCUT2D eigenvalue weighted by Gasteiger charge is -2.11. The average molecular weight is 377 g/mol. The first-order chi connectivity index (χ1) is 12.5. The van der Waals surface area contributed by atoms with Crippen LogP contribution in [0.5, 0.6) is 11.5 Å². The largest absolute Gasteiger partial charge is 0.497 e. The summed E-state index contributed by atoms with van der Waals surface area (Å²) in [5.74, 6) is 0.307. The van der Waals surface area contributed by atoms with Crippen molar-refractivity contribution in [1.82, 2.24) is 5.32 Å². The Morgan fingerprint density at radius 2 is 1.73 bits per heavy atom. The Hall–Kier alpha value is -2.73. The van der Waals surface area contributed by atoms with E-state index >= 15 is 0 Å². The zero-order chi connectivity index (χ0) is 18.9. The van der Waals surface area contributed by atoms with Gasteiger partial charge in [0.2, 0.25) is 11.8 Å². The molecule has 0 fully saturated rings. The topological polar surface area (TPSA) is 76.7 Å². The molecule has 0 atom stereocenters. The summed E-state index contributed by atoms with van der Waals surface area (Å²) < 4.78 is 10.3. The van der Waals surface area contributed by atoms with Crippen molar-refractivity contribution >= 4 is 29.1 Å². The molecule has 2 aromatic carbocycles. The number of rotatable bonds is 8. The Morgan fingerprint density at radius 3 is 2.38 bits per heavy atom. The van der Waals surface area contributed by atoms with Crippen molar-refractivity contribution in [3.05, 3.63) is 53.1 Å². The maximum atomic E-state index is 12.0. The van der Waals surface area contributed by atoms with Gasteiger partial charge < -0.3 is 20.1 Å². The van der Waals surface area contributed by atoms with Crippen LogP contribution in [0.3, 0.4) is 0 Å². The third kappa shape index (κ3) is 5.97. The fourth-order valence-corrected chi connectivity index (χ4v) is 2.43. The summed E-state index contributed by atoms with van der Waals surface area (Å²) in [5.41, 5.74) is 1.54. The lowest BCUT2D eigenvalue weighted by molar-refractivity contribution is -0.126. The zero-order valence-electron chi connectivity index (χ0n) is 14.7. The van der Waals surface area contributed by atoms with Crippen LogP contribution in [0.4, 0.5) is 5.69 Å². The van der Waals surface area contributed by atoms with Crippen LogP contribution in [0.15, 0.2) is 42.5 Å². The summed E-state index contributed by atoms with van der Waals surface area (Å²) >= 11 is 5.83. The fraction of sp³-hybridized carbons (Fsp3) is 0.263. The Kier molecular flexibility index (Phi) is 7.29. The molecule has 0 heterocycles. The van der Waals surface area contributed by atoms with E-state index in [2.05, 4.69) is 10.6 Å². The van der Waals surface area contributed by atoms with Crippen molar-refractivity contribution in [3.63, 3.8) is 0 Å². The van der Waals surface area contributed by atoms with Crippen LogP contribution in [0.2, 0.25) is 5.02 Å². The van der Waals surface area contributed by atoms with E-state index < -0.39 is 5.91 Å². The Labute approximate surface area is 157 Å². The molecule has 0 radical (unpaired) electrons. The third-order valence-electron chi connectivity index (χ3n) is 3.65. The Balaban J connectivity index is 1.80. The highest BCUT2D eigenvalue weighted by Gasteiger charge is 2.12. The molecule has 0 aliphatic heterocycles. The number of hydrogen-bond donors (Lipinski definition) is 2. The number of carbonyl (C=O) groups excluding carboxylic acids is 2. The van der Waals surface area contributed by atoms with Crippen LogP contribution in [0.1, 0.15) is 12.0 Å². The number of anilines is 1. The van der Waals surface area contributed by atoms with E-state index in [9.17, 15) is 9.59 Å². The van der Waals surface area contributed by atoms with Crippen molar-refractivity contribution in [2.24, 2.45) is 0 Å². The smallest absolute Gasteiger partial charge is 0.233 e. The van der Waals surface area contributed by atoms with Gasteiger partial charge in [-0.1, -0.05) is 23.7 Å².